The lowest BCUT2D eigenvalue weighted by atomic mass is 10.2. The molecule has 1 atom stereocenters. The second-order valence-corrected chi connectivity index (χ2v) is 5.98. The number of carbonyl (C=O) groups excluding carboxylic acids is 1. The van der Waals surface area contributed by atoms with Crippen molar-refractivity contribution in [2.45, 2.75) is 39.1 Å². The summed E-state index contributed by atoms with van der Waals surface area (Å²) in [5.41, 5.74) is -0.129. The van der Waals surface area contributed by atoms with E-state index in [1.165, 1.54) is 19.2 Å². The highest BCUT2D eigenvalue weighted by Gasteiger charge is 2.15. The number of aromatic hydroxyl groups is 1. The molecule has 0 saturated heterocycles. The van der Waals surface area contributed by atoms with Gasteiger partial charge < -0.3 is 29.7 Å². The smallest absolute Gasteiger partial charge is 0.407 e. The maximum atomic E-state index is 11.4. The van der Waals surface area contributed by atoms with Gasteiger partial charge in [0, 0.05) is 25.3 Å². The Morgan fingerprint density at radius 2 is 2.00 bits per heavy atom. The van der Waals surface area contributed by atoms with E-state index in [0.717, 1.165) is 0 Å². The molecular weight excluding hydrogens is 302 g/mol. The second-order valence-electron chi connectivity index (χ2n) is 5.98. The molecule has 7 heteroatoms. The van der Waals surface area contributed by atoms with Crippen LogP contribution in [-0.4, -0.2) is 42.2 Å². The van der Waals surface area contributed by atoms with Crippen LogP contribution in [0.2, 0.25) is 0 Å². The monoisotopic (exact) mass is 327 g/mol. The number of phenols is 1. The Labute approximate surface area is 136 Å². The van der Waals surface area contributed by atoms with Crippen LogP contribution in [0.25, 0.3) is 0 Å². The molecule has 0 fully saturated rings. The minimum atomic E-state index is -1.13. The molecule has 0 heterocycles. The first-order chi connectivity index (χ1) is 10.7. The van der Waals surface area contributed by atoms with Crippen LogP contribution < -0.4 is 10.1 Å². The van der Waals surface area contributed by atoms with Crippen molar-refractivity contribution in [3.8, 4) is 11.5 Å². The zero-order chi connectivity index (χ0) is 17.5. The molecule has 0 aliphatic carbocycles. The van der Waals surface area contributed by atoms with Gasteiger partial charge in [0.1, 0.15) is 17.1 Å². The number of amides is 1. The van der Waals surface area contributed by atoms with Gasteiger partial charge in [-0.3, -0.25) is 0 Å². The zero-order valence-electron chi connectivity index (χ0n) is 14.0. The molecule has 0 radical (unpaired) electrons. The zero-order valence-corrected chi connectivity index (χ0v) is 14.0. The number of carbonyl (C=O) groups is 1. The van der Waals surface area contributed by atoms with Crippen molar-refractivity contribution in [2.24, 2.45) is 0 Å². The summed E-state index contributed by atoms with van der Waals surface area (Å²) < 4.78 is 15.4. The van der Waals surface area contributed by atoms with E-state index < -0.39 is 18.0 Å². The normalized spacial score (nSPS) is 12.6. The van der Waals surface area contributed by atoms with Gasteiger partial charge in [0.15, 0.2) is 6.29 Å². The van der Waals surface area contributed by atoms with Crippen LogP contribution in [0.3, 0.4) is 0 Å². The van der Waals surface area contributed by atoms with Gasteiger partial charge in [0.05, 0.1) is 6.61 Å². The first kappa shape index (κ1) is 19.1. The number of rotatable bonds is 7. The molecule has 1 rings (SSSR count). The Kier molecular flexibility index (Phi) is 7.12. The van der Waals surface area contributed by atoms with Gasteiger partial charge in [-0.2, -0.15) is 0 Å². The third-order valence-electron chi connectivity index (χ3n) is 2.68. The number of benzene rings is 1. The predicted molar refractivity (Wildman–Crippen MR) is 84.4 cm³/mol. The first-order valence-corrected chi connectivity index (χ1v) is 7.36. The predicted octanol–water partition coefficient (Wildman–Crippen LogP) is 2.32. The third kappa shape index (κ3) is 7.71. The topological polar surface area (TPSA) is 97.3 Å². The van der Waals surface area contributed by atoms with Crippen LogP contribution in [0.1, 0.15) is 39.0 Å². The van der Waals surface area contributed by atoms with Gasteiger partial charge in [-0.25, -0.2) is 4.79 Å². The van der Waals surface area contributed by atoms with Crippen LogP contribution in [0.5, 0.6) is 11.5 Å². The van der Waals surface area contributed by atoms with Crippen molar-refractivity contribution in [2.75, 3.05) is 20.3 Å². The Balaban J connectivity index is 2.36. The molecule has 0 saturated carbocycles. The van der Waals surface area contributed by atoms with Gasteiger partial charge in [-0.1, -0.05) is 0 Å². The number of alkyl carbamates (subject to hydrolysis) is 1. The molecule has 130 valence electrons. The fraction of sp³-hybridized carbons (Fsp3) is 0.562. The molecule has 23 heavy (non-hydrogen) atoms. The van der Waals surface area contributed by atoms with Crippen LogP contribution in [-0.2, 0) is 9.47 Å². The van der Waals surface area contributed by atoms with Crippen molar-refractivity contribution in [3.63, 3.8) is 0 Å². The summed E-state index contributed by atoms with van der Waals surface area (Å²) in [5, 5.41) is 21.8. The fourth-order valence-corrected chi connectivity index (χ4v) is 1.73. The molecule has 1 unspecified atom stereocenters. The third-order valence-corrected chi connectivity index (χ3v) is 2.68. The molecule has 0 bridgehead atoms. The van der Waals surface area contributed by atoms with Gasteiger partial charge in [-0.15, -0.1) is 0 Å². The largest absolute Gasteiger partial charge is 0.508 e. The highest BCUT2D eigenvalue weighted by atomic mass is 16.6. The summed E-state index contributed by atoms with van der Waals surface area (Å²) >= 11 is 0. The molecule has 0 aliphatic rings. The molecule has 7 nitrogen and oxygen atoms in total. The van der Waals surface area contributed by atoms with E-state index in [4.69, 9.17) is 14.2 Å². The number of methoxy groups -OCH3 is 1. The Morgan fingerprint density at radius 1 is 1.30 bits per heavy atom. The molecule has 1 aromatic carbocycles. The maximum Gasteiger partial charge on any atom is 0.407 e. The molecular formula is C16H25NO6. The van der Waals surface area contributed by atoms with Crippen molar-refractivity contribution < 1.29 is 29.2 Å². The van der Waals surface area contributed by atoms with Crippen molar-refractivity contribution in [3.05, 3.63) is 23.8 Å². The van der Waals surface area contributed by atoms with Crippen LogP contribution >= 0.6 is 0 Å². The van der Waals surface area contributed by atoms with E-state index in [1.807, 2.05) is 0 Å². The van der Waals surface area contributed by atoms with E-state index in [-0.39, 0.29) is 5.75 Å². The Hall–Kier alpha value is -1.99. The number of hydrogen-bond acceptors (Lipinski definition) is 6. The number of hydrogen-bond donors (Lipinski definition) is 3. The maximum absolute atomic E-state index is 11.4. The fourth-order valence-electron chi connectivity index (χ4n) is 1.73. The van der Waals surface area contributed by atoms with Gasteiger partial charge in [0.2, 0.25) is 0 Å². The van der Waals surface area contributed by atoms with E-state index in [1.54, 1.807) is 26.8 Å². The van der Waals surface area contributed by atoms with Crippen molar-refractivity contribution in [1.82, 2.24) is 5.32 Å². The van der Waals surface area contributed by atoms with Gasteiger partial charge >= 0.3 is 6.09 Å². The second kappa shape index (κ2) is 8.59. The summed E-state index contributed by atoms with van der Waals surface area (Å²) in [6.45, 7) is 6.12. The van der Waals surface area contributed by atoms with E-state index in [2.05, 4.69) is 5.32 Å². The summed E-state index contributed by atoms with van der Waals surface area (Å²) in [4.78, 5) is 11.4. The van der Waals surface area contributed by atoms with Crippen LogP contribution in [0.4, 0.5) is 4.79 Å². The summed E-state index contributed by atoms with van der Waals surface area (Å²) in [6.07, 6.45) is -1.03. The SMILES string of the molecule is COC(O)c1cc(O)cc(OCCCNC(=O)OC(C)(C)C)c1. The summed E-state index contributed by atoms with van der Waals surface area (Å²) in [5.74, 6) is 0.383. The van der Waals surface area contributed by atoms with E-state index in [0.29, 0.717) is 30.9 Å². The number of aliphatic hydroxyl groups is 1. The number of phenolic OH excluding ortho intramolecular Hbond substituents is 1. The first-order valence-electron chi connectivity index (χ1n) is 7.36. The van der Waals surface area contributed by atoms with Crippen molar-refractivity contribution >= 4 is 6.09 Å². The lowest BCUT2D eigenvalue weighted by Gasteiger charge is -2.19. The van der Waals surface area contributed by atoms with E-state index in [9.17, 15) is 15.0 Å². The lowest BCUT2D eigenvalue weighted by molar-refractivity contribution is -0.0771. The average Bonchev–Trinajstić information content (AvgIpc) is 2.43. The molecule has 0 aliphatic heterocycles. The van der Waals surface area contributed by atoms with Gasteiger partial charge in [-0.05, 0) is 39.3 Å². The summed E-state index contributed by atoms with van der Waals surface area (Å²) in [6, 6.07) is 4.41. The molecule has 0 spiro atoms. The minimum absolute atomic E-state index is 0.0273. The number of nitrogens with one attached hydrogen (secondary N) is 1. The highest BCUT2D eigenvalue weighted by Crippen LogP contribution is 2.26. The average molecular weight is 327 g/mol. The lowest BCUT2D eigenvalue weighted by Crippen LogP contribution is -2.33. The summed E-state index contributed by atoms with van der Waals surface area (Å²) in [7, 11) is 1.36. The van der Waals surface area contributed by atoms with Crippen molar-refractivity contribution in [1.29, 1.82) is 0 Å². The van der Waals surface area contributed by atoms with E-state index >= 15 is 0 Å². The number of ether oxygens (including phenoxy) is 3. The molecule has 1 amide bonds. The highest BCUT2D eigenvalue weighted by molar-refractivity contribution is 5.67. The quantitative estimate of drug-likeness (QED) is 0.525. The van der Waals surface area contributed by atoms with Crippen LogP contribution in [0, 0.1) is 0 Å². The Bertz CT molecular complexity index is 512. The molecule has 3 N–H and O–H groups in total. The Morgan fingerprint density at radius 3 is 2.61 bits per heavy atom. The number of aliphatic hydroxyl groups excluding tert-OH is 1. The van der Waals surface area contributed by atoms with Gasteiger partial charge in [0.25, 0.3) is 0 Å². The molecule has 0 aromatic heterocycles. The molecule has 1 aromatic rings. The minimum Gasteiger partial charge on any atom is -0.508 e. The standard InChI is InChI=1S/C16H25NO6/c1-16(2,3)23-15(20)17-6-5-7-22-13-9-11(14(19)21-4)8-12(18)10-13/h8-10,14,18-19H,5-7H2,1-4H3,(H,17,20). The van der Waals surface area contributed by atoms with Crippen LogP contribution in [0.15, 0.2) is 18.2 Å².